The zero-order chi connectivity index (χ0) is 18.2. The number of benzene rings is 2. The molecule has 0 spiro atoms. The molecule has 0 saturated heterocycles. The molecule has 0 aromatic heterocycles. The van der Waals surface area contributed by atoms with E-state index in [9.17, 15) is 5.11 Å². The lowest BCUT2D eigenvalue weighted by Crippen LogP contribution is -2.39. The summed E-state index contributed by atoms with van der Waals surface area (Å²) in [5, 5.41) is 13.4. The van der Waals surface area contributed by atoms with Gasteiger partial charge in [0.1, 0.15) is 11.5 Å². The highest BCUT2D eigenvalue weighted by molar-refractivity contribution is 9.10. The van der Waals surface area contributed by atoms with Crippen LogP contribution < -0.4 is 10.1 Å². The fraction of sp³-hybridized carbons (Fsp3) is 0.316. The zero-order valence-electron chi connectivity index (χ0n) is 14.8. The van der Waals surface area contributed by atoms with Gasteiger partial charge in [-0.3, -0.25) is 4.99 Å². The highest BCUT2D eigenvalue weighted by atomic mass is 79.9. The van der Waals surface area contributed by atoms with E-state index in [0.29, 0.717) is 18.7 Å². The first kappa shape index (κ1) is 19.1. The lowest BCUT2D eigenvalue weighted by Gasteiger charge is -2.22. The summed E-state index contributed by atoms with van der Waals surface area (Å²) in [6.45, 7) is 1.42. The van der Waals surface area contributed by atoms with Gasteiger partial charge in [-0.05, 0) is 29.7 Å². The van der Waals surface area contributed by atoms with Gasteiger partial charge in [0.2, 0.25) is 0 Å². The Kier molecular flexibility index (Phi) is 7.13. The van der Waals surface area contributed by atoms with Gasteiger partial charge >= 0.3 is 0 Å². The van der Waals surface area contributed by atoms with Gasteiger partial charge in [0.25, 0.3) is 0 Å². The number of rotatable bonds is 6. The molecule has 0 aliphatic rings. The first-order valence-corrected chi connectivity index (χ1v) is 8.85. The minimum absolute atomic E-state index is 0.248. The topological polar surface area (TPSA) is 57.1 Å². The predicted octanol–water partition coefficient (Wildman–Crippen LogP) is 3.41. The fourth-order valence-electron chi connectivity index (χ4n) is 2.53. The maximum absolute atomic E-state index is 10.0. The van der Waals surface area contributed by atoms with E-state index in [1.54, 1.807) is 20.2 Å². The van der Waals surface area contributed by atoms with E-state index >= 15 is 0 Å². The quantitative estimate of drug-likeness (QED) is 0.570. The number of phenolic OH excluding ortho intramolecular Hbond substituents is 1. The second kappa shape index (κ2) is 9.32. The Balaban J connectivity index is 1.91. The first-order chi connectivity index (χ1) is 12.0. The Hall–Kier alpha value is -2.21. The van der Waals surface area contributed by atoms with Crippen molar-refractivity contribution in [2.75, 3.05) is 27.7 Å². The van der Waals surface area contributed by atoms with Crippen molar-refractivity contribution in [3.8, 4) is 11.5 Å². The highest BCUT2D eigenvalue weighted by Crippen LogP contribution is 2.23. The van der Waals surface area contributed by atoms with Gasteiger partial charge in [0.05, 0.1) is 7.11 Å². The molecule has 0 aliphatic heterocycles. The summed E-state index contributed by atoms with van der Waals surface area (Å²) < 4.78 is 6.19. The van der Waals surface area contributed by atoms with Gasteiger partial charge in [-0.25, -0.2) is 0 Å². The van der Waals surface area contributed by atoms with E-state index in [0.717, 1.165) is 22.5 Å². The molecule has 0 heterocycles. The molecule has 6 heteroatoms. The van der Waals surface area contributed by atoms with Crippen LogP contribution in [0, 0.1) is 0 Å². The molecule has 2 rings (SSSR count). The maximum Gasteiger partial charge on any atom is 0.193 e. The minimum Gasteiger partial charge on any atom is -0.508 e. The molecule has 0 unspecified atom stereocenters. The summed E-state index contributed by atoms with van der Waals surface area (Å²) in [4.78, 5) is 6.39. The van der Waals surface area contributed by atoms with E-state index in [2.05, 4.69) is 37.2 Å². The van der Waals surface area contributed by atoms with Crippen LogP contribution in [-0.2, 0) is 13.0 Å². The van der Waals surface area contributed by atoms with Crippen molar-refractivity contribution in [3.63, 3.8) is 0 Å². The van der Waals surface area contributed by atoms with Crippen molar-refractivity contribution in [2.45, 2.75) is 13.0 Å². The van der Waals surface area contributed by atoms with Crippen molar-refractivity contribution in [3.05, 3.63) is 58.1 Å². The lowest BCUT2D eigenvalue weighted by atomic mass is 10.1. The molecule has 0 fully saturated rings. The molecule has 5 nitrogen and oxygen atoms in total. The molecule has 25 heavy (non-hydrogen) atoms. The van der Waals surface area contributed by atoms with Crippen molar-refractivity contribution in [2.24, 2.45) is 4.99 Å². The van der Waals surface area contributed by atoms with Crippen LogP contribution in [0.1, 0.15) is 11.1 Å². The van der Waals surface area contributed by atoms with E-state index in [4.69, 9.17) is 4.74 Å². The Morgan fingerprint density at radius 2 is 2.00 bits per heavy atom. The van der Waals surface area contributed by atoms with Crippen LogP contribution in [0.2, 0.25) is 0 Å². The van der Waals surface area contributed by atoms with Gasteiger partial charge in [-0.1, -0.05) is 40.2 Å². The number of methoxy groups -OCH3 is 1. The van der Waals surface area contributed by atoms with Crippen molar-refractivity contribution < 1.29 is 9.84 Å². The van der Waals surface area contributed by atoms with Crippen molar-refractivity contribution in [1.82, 2.24) is 10.2 Å². The SMILES string of the molecule is CN=C(NCCc1ccc(OC)cc1O)N(C)Cc1ccccc1Br. The summed E-state index contributed by atoms with van der Waals surface area (Å²) in [7, 11) is 5.35. The summed E-state index contributed by atoms with van der Waals surface area (Å²) in [5.41, 5.74) is 2.07. The Labute approximate surface area is 157 Å². The number of nitrogens with zero attached hydrogens (tertiary/aromatic N) is 2. The third-order valence-corrected chi connectivity index (χ3v) is 4.68. The maximum atomic E-state index is 10.0. The van der Waals surface area contributed by atoms with Gasteiger partial charge in [0.15, 0.2) is 5.96 Å². The number of phenols is 1. The average Bonchev–Trinajstić information content (AvgIpc) is 2.61. The van der Waals surface area contributed by atoms with Gasteiger partial charge in [0, 0.05) is 37.7 Å². The molecule has 0 aliphatic carbocycles. The molecule has 0 atom stereocenters. The average molecular weight is 406 g/mol. The molecule has 2 aromatic rings. The third kappa shape index (κ3) is 5.39. The Morgan fingerprint density at radius 3 is 2.64 bits per heavy atom. The fourth-order valence-corrected chi connectivity index (χ4v) is 2.94. The molecule has 0 radical (unpaired) electrons. The molecule has 2 N–H and O–H groups in total. The zero-order valence-corrected chi connectivity index (χ0v) is 16.4. The molecule has 0 saturated carbocycles. The van der Waals surface area contributed by atoms with Gasteiger partial charge in [-0.2, -0.15) is 0 Å². The standard InChI is InChI=1S/C19H24BrN3O2/c1-21-19(23(2)13-15-6-4-5-7-17(15)20)22-11-10-14-8-9-16(25-3)12-18(14)24/h4-9,12,24H,10-11,13H2,1-3H3,(H,21,22). The monoisotopic (exact) mass is 405 g/mol. The van der Waals surface area contributed by atoms with Crippen LogP contribution in [0.25, 0.3) is 0 Å². The summed E-state index contributed by atoms with van der Waals surface area (Å²) in [6, 6.07) is 13.5. The molecule has 0 bridgehead atoms. The predicted molar refractivity (Wildman–Crippen MR) is 105 cm³/mol. The number of guanidine groups is 1. The lowest BCUT2D eigenvalue weighted by molar-refractivity contribution is 0.406. The Morgan fingerprint density at radius 1 is 1.24 bits per heavy atom. The number of hydrogen-bond donors (Lipinski definition) is 2. The van der Waals surface area contributed by atoms with Crippen LogP contribution in [0.15, 0.2) is 51.9 Å². The molecule has 0 amide bonds. The largest absolute Gasteiger partial charge is 0.508 e. The van der Waals surface area contributed by atoms with Crippen LogP contribution in [0.4, 0.5) is 0 Å². The molecule has 2 aromatic carbocycles. The number of halogens is 1. The van der Waals surface area contributed by atoms with E-state index < -0.39 is 0 Å². The number of ether oxygens (including phenoxy) is 1. The smallest absolute Gasteiger partial charge is 0.193 e. The van der Waals surface area contributed by atoms with Gasteiger partial charge in [-0.15, -0.1) is 0 Å². The normalized spacial score (nSPS) is 11.3. The Bertz CT molecular complexity index is 734. The van der Waals surface area contributed by atoms with Crippen molar-refractivity contribution in [1.29, 1.82) is 0 Å². The minimum atomic E-state index is 0.248. The molecular formula is C19H24BrN3O2. The third-order valence-electron chi connectivity index (χ3n) is 3.91. The van der Waals surface area contributed by atoms with E-state index in [1.807, 2.05) is 37.4 Å². The second-order valence-electron chi connectivity index (χ2n) is 5.67. The second-order valence-corrected chi connectivity index (χ2v) is 6.52. The number of aliphatic imine (C=N–C) groups is 1. The number of nitrogens with one attached hydrogen (secondary N) is 1. The summed E-state index contributed by atoms with van der Waals surface area (Å²) in [6.07, 6.45) is 0.692. The number of hydrogen-bond acceptors (Lipinski definition) is 3. The summed E-state index contributed by atoms with van der Waals surface area (Å²) in [5.74, 6) is 1.71. The highest BCUT2D eigenvalue weighted by Gasteiger charge is 2.09. The van der Waals surface area contributed by atoms with E-state index in [1.165, 1.54) is 5.56 Å². The summed E-state index contributed by atoms with van der Waals surface area (Å²) >= 11 is 3.57. The molecular weight excluding hydrogens is 382 g/mol. The van der Waals surface area contributed by atoms with Crippen molar-refractivity contribution >= 4 is 21.9 Å². The van der Waals surface area contributed by atoms with Crippen LogP contribution >= 0.6 is 15.9 Å². The molecule has 134 valence electrons. The number of aromatic hydroxyl groups is 1. The van der Waals surface area contributed by atoms with Gasteiger partial charge < -0.3 is 20.1 Å². The van der Waals surface area contributed by atoms with Crippen LogP contribution in [0.3, 0.4) is 0 Å². The first-order valence-electron chi connectivity index (χ1n) is 8.06. The van der Waals surface area contributed by atoms with Crippen LogP contribution in [0.5, 0.6) is 11.5 Å². The van der Waals surface area contributed by atoms with E-state index in [-0.39, 0.29) is 5.75 Å². The van der Waals surface area contributed by atoms with Crippen LogP contribution in [-0.4, -0.2) is 43.7 Å².